The molecule has 0 aliphatic carbocycles. The molecule has 0 saturated heterocycles. The molecule has 0 unspecified atom stereocenters. The van der Waals surface area contributed by atoms with Gasteiger partial charge in [0.05, 0.1) is 23.9 Å². The van der Waals surface area contributed by atoms with Crippen molar-refractivity contribution in [3.05, 3.63) is 46.5 Å². The molecule has 0 aliphatic heterocycles. The van der Waals surface area contributed by atoms with Crippen molar-refractivity contribution in [1.82, 2.24) is 15.6 Å². The van der Waals surface area contributed by atoms with Gasteiger partial charge in [-0.05, 0) is 17.7 Å². The molecular formula is C16H20N6S. The van der Waals surface area contributed by atoms with Crippen molar-refractivity contribution in [2.45, 2.75) is 13.1 Å². The average molecular weight is 328 g/mol. The summed E-state index contributed by atoms with van der Waals surface area (Å²) in [7, 11) is 5.69. The molecule has 0 spiro atoms. The van der Waals surface area contributed by atoms with Gasteiger partial charge in [0.25, 0.3) is 0 Å². The molecule has 0 atom stereocenters. The molecule has 7 heteroatoms. The number of nitrogens with zero attached hydrogens (tertiary/aromatic N) is 4. The van der Waals surface area contributed by atoms with Gasteiger partial charge in [-0.25, -0.2) is 4.98 Å². The van der Waals surface area contributed by atoms with Crippen LogP contribution in [0.15, 0.2) is 34.6 Å². The van der Waals surface area contributed by atoms with Gasteiger partial charge >= 0.3 is 0 Å². The third-order valence-electron chi connectivity index (χ3n) is 3.10. The second-order valence-electron chi connectivity index (χ2n) is 5.11. The fourth-order valence-corrected chi connectivity index (χ4v) is 2.67. The van der Waals surface area contributed by atoms with Crippen LogP contribution in [0.25, 0.3) is 0 Å². The first-order chi connectivity index (χ1) is 11.1. The zero-order valence-corrected chi connectivity index (χ0v) is 14.3. The molecule has 6 nitrogen and oxygen atoms in total. The van der Waals surface area contributed by atoms with Crippen molar-refractivity contribution < 1.29 is 0 Å². The molecule has 0 bridgehead atoms. The molecule has 0 fully saturated rings. The lowest BCUT2D eigenvalue weighted by Crippen LogP contribution is -2.36. The van der Waals surface area contributed by atoms with Gasteiger partial charge in [0.15, 0.2) is 11.1 Å². The zero-order valence-electron chi connectivity index (χ0n) is 13.5. The van der Waals surface area contributed by atoms with E-state index >= 15 is 0 Å². The lowest BCUT2D eigenvalue weighted by atomic mass is 10.1. The Hall–Kier alpha value is -2.59. The Bertz CT molecular complexity index is 713. The number of nitrogens with one attached hydrogen (secondary N) is 2. The summed E-state index contributed by atoms with van der Waals surface area (Å²) in [6.45, 7) is 1.22. The first-order valence-electron chi connectivity index (χ1n) is 7.17. The number of nitriles is 1. The molecule has 1 aromatic carbocycles. The first kappa shape index (κ1) is 16.8. The number of benzene rings is 1. The minimum absolute atomic E-state index is 0.606. The van der Waals surface area contributed by atoms with E-state index in [4.69, 9.17) is 5.26 Å². The molecule has 1 aromatic heterocycles. The highest BCUT2D eigenvalue weighted by Crippen LogP contribution is 2.17. The summed E-state index contributed by atoms with van der Waals surface area (Å²) >= 11 is 1.62. The van der Waals surface area contributed by atoms with Crippen LogP contribution >= 0.6 is 11.3 Å². The van der Waals surface area contributed by atoms with Crippen LogP contribution in [-0.2, 0) is 13.1 Å². The van der Waals surface area contributed by atoms with Crippen molar-refractivity contribution in [3.63, 3.8) is 0 Å². The number of aromatic nitrogens is 1. The normalized spacial score (nSPS) is 11.0. The fourth-order valence-electron chi connectivity index (χ4n) is 1.91. The molecular weight excluding hydrogens is 308 g/mol. The van der Waals surface area contributed by atoms with E-state index in [1.165, 1.54) is 0 Å². The van der Waals surface area contributed by atoms with Crippen LogP contribution in [0.1, 0.15) is 16.8 Å². The van der Waals surface area contributed by atoms with E-state index in [9.17, 15) is 0 Å². The summed E-state index contributed by atoms with van der Waals surface area (Å²) in [4.78, 5) is 10.7. The summed E-state index contributed by atoms with van der Waals surface area (Å²) in [5, 5.41) is 18.4. The molecule has 23 heavy (non-hydrogen) atoms. The third-order valence-corrected chi connectivity index (χ3v) is 4.16. The topological polar surface area (TPSA) is 76.3 Å². The van der Waals surface area contributed by atoms with Gasteiger partial charge in [0.2, 0.25) is 0 Å². The largest absolute Gasteiger partial charge is 0.354 e. The number of thiazole rings is 1. The lowest BCUT2D eigenvalue weighted by molar-refractivity contribution is 0.797. The van der Waals surface area contributed by atoms with Gasteiger partial charge in [-0.3, -0.25) is 4.99 Å². The molecule has 0 aliphatic rings. The van der Waals surface area contributed by atoms with E-state index in [1.807, 2.05) is 42.6 Å². The smallest absolute Gasteiger partial charge is 0.191 e. The third kappa shape index (κ3) is 4.97. The van der Waals surface area contributed by atoms with Crippen LogP contribution in [0.4, 0.5) is 5.13 Å². The summed E-state index contributed by atoms with van der Waals surface area (Å²) in [5.74, 6) is 0.701. The molecule has 0 saturated carbocycles. The number of aliphatic imine (C=N–C) groups is 1. The number of hydrogen-bond acceptors (Lipinski definition) is 5. The Morgan fingerprint density at radius 2 is 2.13 bits per heavy atom. The van der Waals surface area contributed by atoms with Crippen LogP contribution in [0.3, 0.4) is 0 Å². The van der Waals surface area contributed by atoms with Crippen LogP contribution < -0.4 is 15.5 Å². The average Bonchev–Trinajstić information content (AvgIpc) is 3.04. The van der Waals surface area contributed by atoms with Crippen LogP contribution in [0, 0.1) is 11.3 Å². The van der Waals surface area contributed by atoms with E-state index in [1.54, 1.807) is 24.5 Å². The van der Waals surface area contributed by atoms with Crippen molar-refractivity contribution in [3.8, 4) is 6.07 Å². The van der Waals surface area contributed by atoms with E-state index in [0.29, 0.717) is 24.6 Å². The second-order valence-corrected chi connectivity index (χ2v) is 5.94. The summed E-state index contributed by atoms with van der Waals surface area (Å²) in [5.41, 5.74) is 2.68. The minimum atomic E-state index is 0.606. The zero-order chi connectivity index (χ0) is 16.7. The molecule has 2 N–H and O–H groups in total. The first-order valence-corrected chi connectivity index (χ1v) is 8.05. The SMILES string of the molecule is CN=C(NCc1cccc(C#N)c1)NCc1csc(N(C)C)n1. The van der Waals surface area contributed by atoms with Gasteiger partial charge < -0.3 is 15.5 Å². The predicted octanol–water partition coefficient (Wildman–Crippen LogP) is 1.95. The number of anilines is 1. The summed E-state index contributed by atoms with van der Waals surface area (Å²) in [6, 6.07) is 9.66. The summed E-state index contributed by atoms with van der Waals surface area (Å²) < 4.78 is 0. The quantitative estimate of drug-likeness (QED) is 0.648. The Morgan fingerprint density at radius 1 is 1.35 bits per heavy atom. The van der Waals surface area contributed by atoms with Crippen molar-refractivity contribution >= 4 is 22.4 Å². The summed E-state index contributed by atoms with van der Waals surface area (Å²) in [6.07, 6.45) is 0. The maximum atomic E-state index is 8.92. The Morgan fingerprint density at radius 3 is 2.78 bits per heavy atom. The molecule has 1 heterocycles. The standard InChI is InChI=1S/C16H20N6S/c1-18-15(19-9-13-6-4-5-12(7-13)8-17)20-10-14-11-23-16(21-14)22(2)3/h4-7,11H,9-10H2,1-3H3,(H2,18,19,20). The molecule has 120 valence electrons. The number of rotatable bonds is 5. The van der Waals surface area contributed by atoms with Crippen LogP contribution in [-0.4, -0.2) is 32.1 Å². The van der Waals surface area contributed by atoms with Gasteiger partial charge in [0.1, 0.15) is 0 Å². The predicted molar refractivity (Wildman–Crippen MR) is 94.6 cm³/mol. The van der Waals surface area contributed by atoms with Crippen LogP contribution in [0.5, 0.6) is 0 Å². The maximum Gasteiger partial charge on any atom is 0.191 e. The molecule has 2 rings (SSSR count). The van der Waals surface area contributed by atoms with Gasteiger partial charge in [-0.1, -0.05) is 12.1 Å². The minimum Gasteiger partial charge on any atom is -0.354 e. The number of hydrogen-bond donors (Lipinski definition) is 2. The highest BCUT2D eigenvalue weighted by atomic mass is 32.1. The van der Waals surface area contributed by atoms with Crippen molar-refractivity contribution in [2.75, 3.05) is 26.0 Å². The van der Waals surface area contributed by atoms with Crippen molar-refractivity contribution in [2.24, 2.45) is 4.99 Å². The van der Waals surface area contributed by atoms with E-state index in [-0.39, 0.29) is 0 Å². The Labute approximate surface area is 140 Å². The highest BCUT2D eigenvalue weighted by Gasteiger charge is 2.05. The van der Waals surface area contributed by atoms with Crippen LogP contribution in [0.2, 0.25) is 0 Å². The van der Waals surface area contributed by atoms with E-state index in [0.717, 1.165) is 16.4 Å². The molecule has 0 radical (unpaired) electrons. The van der Waals surface area contributed by atoms with Gasteiger partial charge in [0, 0.05) is 33.1 Å². The Balaban J connectivity index is 1.86. The van der Waals surface area contributed by atoms with E-state index < -0.39 is 0 Å². The maximum absolute atomic E-state index is 8.92. The number of guanidine groups is 1. The van der Waals surface area contributed by atoms with Gasteiger partial charge in [-0.2, -0.15) is 5.26 Å². The fraction of sp³-hybridized carbons (Fsp3) is 0.312. The molecule has 0 amide bonds. The van der Waals surface area contributed by atoms with Gasteiger partial charge in [-0.15, -0.1) is 11.3 Å². The second kappa shape index (κ2) is 8.15. The lowest BCUT2D eigenvalue weighted by Gasteiger charge is -2.11. The Kier molecular flexibility index (Phi) is 5.94. The molecule has 2 aromatic rings. The highest BCUT2D eigenvalue weighted by molar-refractivity contribution is 7.13. The van der Waals surface area contributed by atoms with Crippen molar-refractivity contribution in [1.29, 1.82) is 5.26 Å². The van der Waals surface area contributed by atoms with E-state index in [2.05, 4.69) is 26.7 Å². The monoisotopic (exact) mass is 328 g/mol.